The van der Waals surface area contributed by atoms with E-state index in [4.69, 9.17) is 5.73 Å². The van der Waals surface area contributed by atoms with Gasteiger partial charge in [-0.25, -0.2) is 0 Å². The molecule has 2 N–H and O–H groups in total. The van der Waals surface area contributed by atoms with E-state index in [9.17, 15) is 10.1 Å². The minimum absolute atomic E-state index is 0.0171. The van der Waals surface area contributed by atoms with Crippen molar-refractivity contribution in [3.8, 4) is 0 Å². The lowest BCUT2D eigenvalue weighted by atomic mass is 10.1. The highest BCUT2D eigenvalue weighted by atomic mass is 16.6. The molecule has 21 heavy (non-hydrogen) atoms. The number of hydrogen-bond acceptors (Lipinski definition) is 4. The summed E-state index contributed by atoms with van der Waals surface area (Å²) >= 11 is 0. The van der Waals surface area contributed by atoms with E-state index in [0.29, 0.717) is 24.2 Å². The van der Waals surface area contributed by atoms with Crippen LogP contribution in [0.4, 0.5) is 11.4 Å². The number of nitro benzene ring substituents is 1. The molecule has 2 rings (SSSR count). The van der Waals surface area contributed by atoms with E-state index in [1.54, 1.807) is 6.07 Å². The summed E-state index contributed by atoms with van der Waals surface area (Å²) < 4.78 is 0. The first kappa shape index (κ1) is 15.8. The summed E-state index contributed by atoms with van der Waals surface area (Å²) in [5.74, 6) is 0.575. The maximum Gasteiger partial charge on any atom is 0.292 e. The molecule has 5 nitrogen and oxygen atoms in total. The van der Waals surface area contributed by atoms with E-state index in [0.717, 1.165) is 12.1 Å². The Bertz CT molecular complexity index is 496. The summed E-state index contributed by atoms with van der Waals surface area (Å²) in [6.07, 6.45) is 5.01. The van der Waals surface area contributed by atoms with Crippen LogP contribution in [0.1, 0.15) is 45.1 Å². The van der Waals surface area contributed by atoms with Gasteiger partial charge >= 0.3 is 0 Å². The molecule has 0 spiro atoms. The SMILES string of the molecule is CC(C)CN(Cc1cccc([N+](=O)[O-])c1N)C1CCCC1. The minimum Gasteiger partial charge on any atom is -0.393 e. The number of nitrogens with zero attached hydrogens (tertiary/aromatic N) is 2. The lowest BCUT2D eigenvalue weighted by Crippen LogP contribution is -2.35. The van der Waals surface area contributed by atoms with Crippen LogP contribution in [-0.2, 0) is 6.54 Å². The Morgan fingerprint density at radius 3 is 2.62 bits per heavy atom. The third kappa shape index (κ3) is 3.94. The first-order valence-corrected chi connectivity index (χ1v) is 7.75. The Morgan fingerprint density at radius 2 is 2.05 bits per heavy atom. The summed E-state index contributed by atoms with van der Waals surface area (Å²) in [5.41, 5.74) is 7.20. The van der Waals surface area contributed by atoms with Gasteiger partial charge in [0.2, 0.25) is 0 Å². The number of benzene rings is 1. The zero-order valence-corrected chi connectivity index (χ0v) is 12.9. The Kier molecular flexibility index (Phi) is 5.17. The largest absolute Gasteiger partial charge is 0.393 e. The molecule has 1 fully saturated rings. The summed E-state index contributed by atoms with van der Waals surface area (Å²) in [6, 6.07) is 5.70. The predicted octanol–water partition coefficient (Wildman–Crippen LogP) is 3.58. The molecule has 1 aromatic rings. The van der Waals surface area contributed by atoms with Crippen LogP contribution in [0.5, 0.6) is 0 Å². The molecule has 0 bridgehead atoms. The quantitative estimate of drug-likeness (QED) is 0.494. The molecule has 0 atom stereocenters. The number of rotatable bonds is 6. The van der Waals surface area contributed by atoms with Crippen LogP contribution in [0.25, 0.3) is 0 Å². The minimum atomic E-state index is -0.402. The smallest absolute Gasteiger partial charge is 0.292 e. The summed E-state index contributed by atoms with van der Waals surface area (Å²) in [7, 11) is 0. The maximum atomic E-state index is 11.0. The van der Waals surface area contributed by atoms with Crippen LogP contribution in [0.15, 0.2) is 18.2 Å². The molecule has 0 amide bonds. The molecular formula is C16H25N3O2. The van der Waals surface area contributed by atoms with E-state index in [-0.39, 0.29) is 5.69 Å². The first-order valence-electron chi connectivity index (χ1n) is 7.75. The van der Waals surface area contributed by atoms with Gasteiger partial charge in [0.15, 0.2) is 0 Å². The third-order valence-electron chi connectivity index (χ3n) is 4.18. The summed E-state index contributed by atoms with van der Waals surface area (Å²) in [4.78, 5) is 13.1. The zero-order chi connectivity index (χ0) is 15.4. The highest BCUT2D eigenvalue weighted by Gasteiger charge is 2.25. The van der Waals surface area contributed by atoms with E-state index in [2.05, 4.69) is 18.7 Å². The van der Waals surface area contributed by atoms with Crippen molar-refractivity contribution < 1.29 is 4.92 Å². The topological polar surface area (TPSA) is 72.4 Å². The molecule has 0 aromatic heterocycles. The number of nitrogen functional groups attached to an aromatic ring is 1. The number of nitrogens with two attached hydrogens (primary N) is 1. The molecule has 0 heterocycles. The van der Waals surface area contributed by atoms with Crippen molar-refractivity contribution in [1.29, 1.82) is 0 Å². The van der Waals surface area contributed by atoms with Gasteiger partial charge in [-0.05, 0) is 24.3 Å². The second kappa shape index (κ2) is 6.89. The van der Waals surface area contributed by atoms with Gasteiger partial charge in [0.1, 0.15) is 5.69 Å². The van der Waals surface area contributed by atoms with Gasteiger partial charge in [0, 0.05) is 25.2 Å². The molecule has 1 aliphatic carbocycles. The molecule has 0 aliphatic heterocycles. The highest BCUT2D eigenvalue weighted by molar-refractivity contribution is 5.62. The lowest BCUT2D eigenvalue weighted by Gasteiger charge is -2.30. The number of nitro groups is 1. The van der Waals surface area contributed by atoms with Gasteiger partial charge < -0.3 is 5.73 Å². The van der Waals surface area contributed by atoms with Crippen molar-refractivity contribution in [2.45, 2.75) is 52.1 Å². The maximum absolute atomic E-state index is 11.0. The van der Waals surface area contributed by atoms with Crippen molar-refractivity contribution in [3.63, 3.8) is 0 Å². The van der Waals surface area contributed by atoms with Gasteiger partial charge in [0.05, 0.1) is 4.92 Å². The summed E-state index contributed by atoms with van der Waals surface area (Å²) in [5, 5.41) is 11.0. The number of para-hydroxylation sites is 1. The van der Waals surface area contributed by atoms with Crippen LogP contribution in [0, 0.1) is 16.0 Å². The van der Waals surface area contributed by atoms with Crippen molar-refractivity contribution in [2.24, 2.45) is 5.92 Å². The molecule has 5 heteroatoms. The van der Waals surface area contributed by atoms with Gasteiger partial charge in [-0.1, -0.05) is 38.8 Å². The van der Waals surface area contributed by atoms with Crippen LogP contribution in [0.3, 0.4) is 0 Å². The van der Waals surface area contributed by atoms with Crippen molar-refractivity contribution in [3.05, 3.63) is 33.9 Å². The second-order valence-electron chi connectivity index (χ2n) is 6.37. The Morgan fingerprint density at radius 1 is 1.38 bits per heavy atom. The summed E-state index contributed by atoms with van der Waals surface area (Å²) in [6.45, 7) is 6.13. The number of hydrogen-bond donors (Lipinski definition) is 1. The lowest BCUT2D eigenvalue weighted by molar-refractivity contribution is -0.384. The van der Waals surface area contributed by atoms with E-state index in [1.807, 2.05) is 6.07 Å². The Hall–Kier alpha value is -1.62. The average molecular weight is 291 g/mol. The van der Waals surface area contributed by atoms with Crippen molar-refractivity contribution in [1.82, 2.24) is 4.90 Å². The first-order chi connectivity index (χ1) is 9.99. The van der Waals surface area contributed by atoms with Gasteiger partial charge in [-0.15, -0.1) is 0 Å². The van der Waals surface area contributed by atoms with Gasteiger partial charge in [0.25, 0.3) is 5.69 Å². The van der Waals surface area contributed by atoms with Crippen molar-refractivity contribution in [2.75, 3.05) is 12.3 Å². The molecule has 0 saturated heterocycles. The van der Waals surface area contributed by atoms with Crippen LogP contribution in [-0.4, -0.2) is 22.4 Å². The second-order valence-corrected chi connectivity index (χ2v) is 6.37. The molecular weight excluding hydrogens is 266 g/mol. The zero-order valence-electron chi connectivity index (χ0n) is 12.9. The Labute approximate surface area is 126 Å². The van der Waals surface area contributed by atoms with E-state index >= 15 is 0 Å². The van der Waals surface area contributed by atoms with Gasteiger partial charge in [-0.3, -0.25) is 15.0 Å². The Balaban J connectivity index is 2.19. The predicted molar refractivity (Wildman–Crippen MR) is 85.0 cm³/mol. The van der Waals surface area contributed by atoms with Crippen molar-refractivity contribution >= 4 is 11.4 Å². The highest BCUT2D eigenvalue weighted by Crippen LogP contribution is 2.30. The number of anilines is 1. The molecule has 0 unspecified atom stereocenters. The monoisotopic (exact) mass is 291 g/mol. The van der Waals surface area contributed by atoms with E-state index in [1.165, 1.54) is 31.7 Å². The molecule has 1 aliphatic rings. The van der Waals surface area contributed by atoms with Crippen LogP contribution >= 0.6 is 0 Å². The van der Waals surface area contributed by atoms with E-state index < -0.39 is 4.92 Å². The standard InChI is InChI=1S/C16H25N3O2/c1-12(2)10-18(14-7-3-4-8-14)11-13-6-5-9-15(16(13)17)19(20)21/h5-6,9,12,14H,3-4,7-8,10-11,17H2,1-2H3. The van der Waals surface area contributed by atoms with Crippen LogP contribution < -0.4 is 5.73 Å². The van der Waals surface area contributed by atoms with Gasteiger partial charge in [-0.2, -0.15) is 0 Å². The average Bonchev–Trinajstić information content (AvgIpc) is 2.93. The molecule has 0 radical (unpaired) electrons. The molecule has 116 valence electrons. The fraction of sp³-hybridized carbons (Fsp3) is 0.625. The molecule has 1 aromatic carbocycles. The fourth-order valence-corrected chi connectivity index (χ4v) is 3.20. The van der Waals surface area contributed by atoms with Crippen LogP contribution in [0.2, 0.25) is 0 Å². The third-order valence-corrected chi connectivity index (χ3v) is 4.18. The normalized spacial score (nSPS) is 16.0. The molecule has 1 saturated carbocycles. The fourth-order valence-electron chi connectivity index (χ4n) is 3.20.